The molecule has 0 heterocycles. The maximum Gasteiger partial charge on any atom is 0.0283 e. The summed E-state index contributed by atoms with van der Waals surface area (Å²) in [4.78, 5) is 0. The van der Waals surface area contributed by atoms with E-state index in [0.717, 1.165) is 5.33 Å². The van der Waals surface area contributed by atoms with E-state index < -0.39 is 0 Å². The van der Waals surface area contributed by atoms with Crippen LogP contribution in [0.3, 0.4) is 0 Å². The molecule has 1 aromatic rings. The van der Waals surface area contributed by atoms with Gasteiger partial charge in [0.05, 0.1) is 0 Å². The van der Waals surface area contributed by atoms with Gasteiger partial charge in [-0.25, -0.2) is 0 Å². The number of hydrogen-bond acceptors (Lipinski definition) is 0. The van der Waals surface area contributed by atoms with Gasteiger partial charge in [0.25, 0.3) is 0 Å². The van der Waals surface area contributed by atoms with Crippen molar-refractivity contribution in [1.29, 1.82) is 0 Å². The molecule has 0 nitrogen and oxygen atoms in total. The fraction of sp³-hybridized carbons (Fsp3) is 0.231. The van der Waals surface area contributed by atoms with E-state index in [9.17, 15) is 0 Å². The Morgan fingerprint density at radius 3 is 2.29 bits per heavy atom. The van der Waals surface area contributed by atoms with Crippen molar-refractivity contribution < 1.29 is 0 Å². The number of rotatable bonds is 3. The molecule has 0 fully saturated rings. The highest BCUT2D eigenvalue weighted by atomic mass is 79.9. The van der Waals surface area contributed by atoms with Crippen LogP contribution in [-0.4, -0.2) is 0 Å². The summed E-state index contributed by atoms with van der Waals surface area (Å²) in [5.41, 5.74) is 3.86. The number of alkyl halides is 1. The molecule has 0 saturated carbocycles. The zero-order valence-electron chi connectivity index (χ0n) is 8.63. The molecule has 0 saturated heterocycles. The van der Waals surface area contributed by atoms with Crippen molar-refractivity contribution in [1.82, 2.24) is 0 Å². The summed E-state index contributed by atoms with van der Waals surface area (Å²) in [6.45, 7) is 4.10. The molecule has 0 aromatic heterocycles. The second-order valence-electron chi connectivity index (χ2n) is 3.07. The number of hydrogen-bond donors (Lipinski definition) is 0. The summed E-state index contributed by atoms with van der Waals surface area (Å²) >= 11 is 3.44. The summed E-state index contributed by atoms with van der Waals surface area (Å²) in [6.07, 6.45) is 6.32. The van der Waals surface area contributed by atoms with Crippen LogP contribution in [0.4, 0.5) is 0 Å². The molecule has 0 atom stereocenters. The quantitative estimate of drug-likeness (QED) is 0.545. The van der Waals surface area contributed by atoms with Crippen LogP contribution in [0.15, 0.2) is 42.5 Å². The molecule has 0 N–H and O–H groups in total. The molecular weight excluding hydrogens is 236 g/mol. The highest BCUT2D eigenvalue weighted by molar-refractivity contribution is 9.08. The van der Waals surface area contributed by atoms with Crippen LogP contribution in [-0.2, 0) is 5.33 Å². The summed E-state index contributed by atoms with van der Waals surface area (Å²) < 4.78 is 0. The van der Waals surface area contributed by atoms with Crippen LogP contribution >= 0.6 is 15.9 Å². The largest absolute Gasteiger partial charge is 0.0876 e. The highest BCUT2D eigenvalue weighted by Crippen LogP contribution is 2.17. The first kappa shape index (κ1) is 11.3. The Labute approximate surface area is 94.5 Å². The molecular formula is C13H15Br. The van der Waals surface area contributed by atoms with E-state index in [0.29, 0.717) is 0 Å². The van der Waals surface area contributed by atoms with Crippen molar-refractivity contribution in [3.8, 4) is 0 Å². The van der Waals surface area contributed by atoms with Crippen LogP contribution in [0.25, 0.3) is 5.57 Å². The molecule has 0 unspecified atom stereocenters. The molecule has 0 aliphatic carbocycles. The Balaban J connectivity index is 2.96. The second kappa shape index (κ2) is 5.82. The third-order valence-corrected chi connectivity index (χ3v) is 2.75. The van der Waals surface area contributed by atoms with Crippen LogP contribution in [0, 0.1) is 0 Å². The van der Waals surface area contributed by atoms with Gasteiger partial charge in [-0.1, -0.05) is 58.4 Å². The lowest BCUT2D eigenvalue weighted by molar-refractivity contribution is 1.42. The molecule has 1 rings (SSSR count). The second-order valence-corrected chi connectivity index (χ2v) is 3.64. The predicted octanol–water partition coefficient (Wildman–Crippen LogP) is 4.56. The summed E-state index contributed by atoms with van der Waals surface area (Å²) in [6, 6.07) is 8.62. The number of halogens is 1. The van der Waals surface area contributed by atoms with Crippen LogP contribution < -0.4 is 0 Å². The predicted molar refractivity (Wildman–Crippen MR) is 67.5 cm³/mol. The van der Waals surface area contributed by atoms with Crippen molar-refractivity contribution >= 4 is 21.5 Å². The Bertz CT molecular complexity index is 331. The topological polar surface area (TPSA) is 0 Å². The minimum absolute atomic E-state index is 0.919. The van der Waals surface area contributed by atoms with Crippen LogP contribution in [0.2, 0.25) is 0 Å². The van der Waals surface area contributed by atoms with Crippen molar-refractivity contribution in [3.05, 3.63) is 53.6 Å². The van der Waals surface area contributed by atoms with Gasteiger partial charge in [-0.3, -0.25) is 0 Å². The molecule has 1 heteroatoms. The van der Waals surface area contributed by atoms with Crippen molar-refractivity contribution in [2.24, 2.45) is 0 Å². The van der Waals surface area contributed by atoms with Gasteiger partial charge in [0.15, 0.2) is 0 Å². The highest BCUT2D eigenvalue weighted by Gasteiger charge is 1.96. The molecule has 0 aliphatic rings. The third-order valence-electron chi connectivity index (χ3n) is 2.10. The standard InChI is InChI=1S/C13H15Br/c1-3-5-12(4-2)13-8-6-11(10-14)7-9-13/h3-9H,10H2,1-2H3/b5-3-,12-4+. The van der Waals surface area contributed by atoms with Crippen LogP contribution in [0.1, 0.15) is 25.0 Å². The van der Waals surface area contributed by atoms with Gasteiger partial charge in [0.1, 0.15) is 0 Å². The van der Waals surface area contributed by atoms with E-state index in [4.69, 9.17) is 0 Å². The zero-order chi connectivity index (χ0) is 10.4. The fourth-order valence-corrected chi connectivity index (χ4v) is 1.70. The zero-order valence-corrected chi connectivity index (χ0v) is 10.2. The number of benzene rings is 1. The minimum Gasteiger partial charge on any atom is -0.0876 e. The molecule has 0 aliphatic heterocycles. The normalized spacial score (nSPS) is 12.4. The van der Waals surface area contributed by atoms with Crippen molar-refractivity contribution in [2.75, 3.05) is 0 Å². The van der Waals surface area contributed by atoms with Gasteiger partial charge >= 0.3 is 0 Å². The molecule has 0 amide bonds. The van der Waals surface area contributed by atoms with Crippen molar-refractivity contribution in [3.63, 3.8) is 0 Å². The Hall–Kier alpha value is -0.820. The molecule has 74 valence electrons. The Kier molecular flexibility index (Phi) is 4.68. The average Bonchev–Trinajstić information content (AvgIpc) is 2.26. The Morgan fingerprint density at radius 2 is 1.86 bits per heavy atom. The lowest BCUT2D eigenvalue weighted by Crippen LogP contribution is -1.82. The van der Waals surface area contributed by atoms with E-state index in [1.54, 1.807) is 0 Å². The summed E-state index contributed by atoms with van der Waals surface area (Å²) in [5.74, 6) is 0. The smallest absolute Gasteiger partial charge is 0.0283 e. The van der Waals surface area contributed by atoms with Crippen molar-refractivity contribution in [2.45, 2.75) is 19.2 Å². The van der Waals surface area contributed by atoms with Gasteiger partial charge in [0, 0.05) is 5.33 Å². The Morgan fingerprint density at radius 1 is 1.21 bits per heavy atom. The first-order valence-electron chi connectivity index (χ1n) is 4.76. The maximum absolute atomic E-state index is 3.44. The summed E-state index contributed by atoms with van der Waals surface area (Å²) in [7, 11) is 0. The number of allylic oxidation sites excluding steroid dienone is 4. The van der Waals surface area contributed by atoms with Gasteiger partial charge in [0.2, 0.25) is 0 Å². The van der Waals surface area contributed by atoms with E-state index >= 15 is 0 Å². The van der Waals surface area contributed by atoms with Gasteiger partial charge in [-0.15, -0.1) is 0 Å². The average molecular weight is 251 g/mol. The minimum atomic E-state index is 0.919. The lowest BCUT2D eigenvalue weighted by Gasteiger charge is -2.02. The van der Waals surface area contributed by atoms with Crippen LogP contribution in [0.5, 0.6) is 0 Å². The first-order chi connectivity index (χ1) is 6.81. The molecule has 14 heavy (non-hydrogen) atoms. The fourth-order valence-electron chi connectivity index (χ4n) is 1.32. The molecule has 0 bridgehead atoms. The molecule has 1 aromatic carbocycles. The van der Waals surface area contributed by atoms with Gasteiger partial charge < -0.3 is 0 Å². The van der Waals surface area contributed by atoms with E-state index in [2.05, 4.69) is 65.3 Å². The maximum atomic E-state index is 3.44. The SMILES string of the molecule is C/C=C\C(=C/C)c1ccc(CBr)cc1. The lowest BCUT2D eigenvalue weighted by atomic mass is 10.0. The monoisotopic (exact) mass is 250 g/mol. The third kappa shape index (κ3) is 2.85. The first-order valence-corrected chi connectivity index (χ1v) is 5.88. The van der Waals surface area contributed by atoms with E-state index in [-0.39, 0.29) is 0 Å². The van der Waals surface area contributed by atoms with E-state index in [1.165, 1.54) is 16.7 Å². The molecule has 0 radical (unpaired) electrons. The van der Waals surface area contributed by atoms with Gasteiger partial charge in [-0.2, -0.15) is 0 Å². The van der Waals surface area contributed by atoms with Gasteiger partial charge in [-0.05, 0) is 30.5 Å². The summed E-state index contributed by atoms with van der Waals surface area (Å²) in [5, 5.41) is 0.919. The molecule has 0 spiro atoms. The van der Waals surface area contributed by atoms with E-state index in [1.807, 2.05) is 6.92 Å².